The molecule has 150 valence electrons. The van der Waals surface area contributed by atoms with Crippen LogP contribution in [0.25, 0.3) is 0 Å². The molecule has 1 amide bonds. The summed E-state index contributed by atoms with van der Waals surface area (Å²) < 4.78 is 25.9. The van der Waals surface area contributed by atoms with Crippen molar-refractivity contribution in [3.05, 3.63) is 66.2 Å². The van der Waals surface area contributed by atoms with Crippen LogP contribution in [0.4, 0.5) is 5.69 Å². The first-order valence-electron chi connectivity index (χ1n) is 9.46. The number of anilines is 1. The highest BCUT2D eigenvalue weighted by Gasteiger charge is 2.33. The van der Waals surface area contributed by atoms with E-state index in [9.17, 15) is 13.2 Å². The zero-order valence-electron chi connectivity index (χ0n) is 16.4. The number of sulfonamides is 1. The fourth-order valence-electron chi connectivity index (χ4n) is 3.61. The van der Waals surface area contributed by atoms with E-state index < -0.39 is 16.1 Å². The summed E-state index contributed by atoms with van der Waals surface area (Å²) >= 11 is 0. The van der Waals surface area contributed by atoms with Crippen LogP contribution in [0.2, 0.25) is 0 Å². The molecule has 0 radical (unpaired) electrons. The van der Waals surface area contributed by atoms with Gasteiger partial charge in [0.15, 0.2) is 0 Å². The highest BCUT2D eigenvalue weighted by atomic mass is 32.2. The summed E-state index contributed by atoms with van der Waals surface area (Å²) in [6, 6.07) is 18.3. The van der Waals surface area contributed by atoms with E-state index in [0.717, 1.165) is 25.9 Å². The van der Waals surface area contributed by atoms with E-state index >= 15 is 0 Å². The molecule has 0 N–H and O–H groups in total. The molecule has 0 aliphatic carbocycles. The van der Waals surface area contributed by atoms with E-state index in [1.54, 1.807) is 36.1 Å². The topological polar surface area (TPSA) is 60.9 Å². The van der Waals surface area contributed by atoms with Crippen LogP contribution in [0.1, 0.15) is 12.5 Å². The fourth-order valence-corrected chi connectivity index (χ4v) is 4.78. The number of nitrogens with zero attached hydrogens (tertiary/aromatic N) is 3. The third-order valence-electron chi connectivity index (χ3n) is 5.01. The Bertz CT molecular complexity index is 880. The molecule has 7 heteroatoms. The molecule has 1 aliphatic heterocycles. The van der Waals surface area contributed by atoms with Crippen LogP contribution in [0.5, 0.6) is 0 Å². The van der Waals surface area contributed by atoms with Crippen LogP contribution >= 0.6 is 0 Å². The van der Waals surface area contributed by atoms with Crippen molar-refractivity contribution < 1.29 is 13.2 Å². The van der Waals surface area contributed by atoms with Crippen molar-refractivity contribution in [3.63, 3.8) is 0 Å². The first-order chi connectivity index (χ1) is 13.4. The van der Waals surface area contributed by atoms with E-state index in [2.05, 4.69) is 17.0 Å². The predicted molar refractivity (Wildman–Crippen MR) is 112 cm³/mol. The van der Waals surface area contributed by atoms with Gasteiger partial charge in [-0.3, -0.25) is 14.0 Å². The van der Waals surface area contributed by atoms with E-state index in [1.165, 1.54) is 9.87 Å². The van der Waals surface area contributed by atoms with E-state index in [1.807, 2.05) is 24.3 Å². The molecule has 1 fully saturated rings. The SMILES string of the molecule is C[C@@H](C(=O)N1CCN(Cc2ccccc2)CC1)N(c1ccccc1)S(C)(=O)=O. The third-order valence-corrected chi connectivity index (χ3v) is 6.25. The zero-order chi connectivity index (χ0) is 20.1. The lowest BCUT2D eigenvalue weighted by Gasteiger charge is -2.38. The Kier molecular flexibility index (Phi) is 6.36. The van der Waals surface area contributed by atoms with Crippen LogP contribution in [0, 0.1) is 0 Å². The molecule has 28 heavy (non-hydrogen) atoms. The van der Waals surface area contributed by atoms with Gasteiger partial charge >= 0.3 is 0 Å². The summed E-state index contributed by atoms with van der Waals surface area (Å²) in [6.45, 7) is 5.27. The van der Waals surface area contributed by atoms with Gasteiger partial charge in [-0.2, -0.15) is 0 Å². The highest BCUT2D eigenvalue weighted by Crippen LogP contribution is 2.21. The molecule has 0 saturated carbocycles. The normalized spacial score (nSPS) is 16.6. The molecule has 2 aromatic carbocycles. The lowest BCUT2D eigenvalue weighted by atomic mass is 10.2. The van der Waals surface area contributed by atoms with Gasteiger partial charge in [-0.25, -0.2) is 8.42 Å². The molecule has 1 atom stereocenters. The highest BCUT2D eigenvalue weighted by molar-refractivity contribution is 7.92. The van der Waals surface area contributed by atoms with Crippen LogP contribution < -0.4 is 4.31 Å². The number of benzene rings is 2. The van der Waals surface area contributed by atoms with Crippen LogP contribution in [0.15, 0.2) is 60.7 Å². The van der Waals surface area contributed by atoms with Gasteiger partial charge in [0, 0.05) is 32.7 Å². The summed E-state index contributed by atoms with van der Waals surface area (Å²) in [6.07, 6.45) is 1.14. The van der Waals surface area contributed by atoms with Crippen molar-refractivity contribution >= 4 is 21.6 Å². The first-order valence-corrected chi connectivity index (χ1v) is 11.3. The van der Waals surface area contributed by atoms with Crippen molar-refractivity contribution in [3.8, 4) is 0 Å². The first kappa shape index (κ1) is 20.4. The number of hydrogen-bond acceptors (Lipinski definition) is 4. The number of amides is 1. The Hall–Kier alpha value is -2.38. The molecule has 0 unspecified atom stereocenters. The minimum absolute atomic E-state index is 0.159. The van der Waals surface area contributed by atoms with Gasteiger partial charge in [-0.15, -0.1) is 0 Å². The second-order valence-electron chi connectivity index (χ2n) is 7.16. The van der Waals surface area contributed by atoms with Gasteiger partial charge in [0.25, 0.3) is 0 Å². The van der Waals surface area contributed by atoms with Gasteiger partial charge in [-0.1, -0.05) is 48.5 Å². The molecule has 0 bridgehead atoms. The average Bonchev–Trinajstić information content (AvgIpc) is 2.68. The van der Waals surface area contributed by atoms with Gasteiger partial charge < -0.3 is 4.90 Å². The maximum absolute atomic E-state index is 13.0. The molecule has 1 saturated heterocycles. The lowest BCUT2D eigenvalue weighted by Crippen LogP contribution is -2.55. The molecule has 3 rings (SSSR count). The minimum Gasteiger partial charge on any atom is -0.338 e. The average molecular weight is 402 g/mol. The number of hydrogen-bond donors (Lipinski definition) is 0. The van der Waals surface area contributed by atoms with Crippen LogP contribution in [0.3, 0.4) is 0 Å². The van der Waals surface area contributed by atoms with E-state index in [-0.39, 0.29) is 5.91 Å². The second-order valence-corrected chi connectivity index (χ2v) is 9.02. The minimum atomic E-state index is -3.58. The molecule has 0 spiro atoms. The Labute approximate surface area is 167 Å². The molecule has 2 aromatic rings. The number of piperazine rings is 1. The summed E-state index contributed by atoms with van der Waals surface area (Å²) in [5, 5.41) is 0. The monoisotopic (exact) mass is 401 g/mol. The molecule has 1 aliphatic rings. The van der Waals surface area contributed by atoms with Gasteiger partial charge in [0.1, 0.15) is 6.04 Å². The van der Waals surface area contributed by atoms with Crippen LogP contribution in [-0.4, -0.2) is 62.6 Å². The van der Waals surface area contributed by atoms with Crippen molar-refractivity contribution in [2.75, 3.05) is 36.7 Å². The molecule has 6 nitrogen and oxygen atoms in total. The molecular weight excluding hydrogens is 374 g/mol. The van der Waals surface area contributed by atoms with E-state index in [4.69, 9.17) is 0 Å². The van der Waals surface area contributed by atoms with Gasteiger partial charge in [0.2, 0.25) is 15.9 Å². The molecule has 0 aromatic heterocycles. The van der Waals surface area contributed by atoms with Gasteiger partial charge in [-0.05, 0) is 24.6 Å². The Morgan fingerprint density at radius 3 is 2.04 bits per heavy atom. The summed E-state index contributed by atoms with van der Waals surface area (Å²) in [5.41, 5.74) is 1.76. The zero-order valence-corrected chi connectivity index (χ0v) is 17.2. The Morgan fingerprint density at radius 1 is 0.964 bits per heavy atom. The van der Waals surface area contributed by atoms with E-state index in [0.29, 0.717) is 18.8 Å². The van der Waals surface area contributed by atoms with Crippen molar-refractivity contribution in [2.24, 2.45) is 0 Å². The smallest absolute Gasteiger partial charge is 0.246 e. The Morgan fingerprint density at radius 2 is 1.50 bits per heavy atom. The second kappa shape index (κ2) is 8.75. The fraction of sp³-hybridized carbons (Fsp3) is 0.381. The summed E-state index contributed by atoms with van der Waals surface area (Å²) in [7, 11) is -3.58. The van der Waals surface area contributed by atoms with Crippen LogP contribution in [-0.2, 0) is 21.4 Å². The maximum Gasteiger partial charge on any atom is 0.246 e. The number of carbonyl (C=O) groups excluding carboxylic acids is 1. The Balaban J connectivity index is 1.65. The lowest BCUT2D eigenvalue weighted by molar-refractivity contribution is -0.133. The maximum atomic E-state index is 13.0. The van der Waals surface area contributed by atoms with Gasteiger partial charge in [0.05, 0.1) is 11.9 Å². The summed E-state index contributed by atoms with van der Waals surface area (Å²) in [5.74, 6) is -0.159. The number of para-hydroxylation sites is 1. The standard InChI is InChI=1S/C21H27N3O3S/c1-18(24(28(2,26)27)20-11-7-4-8-12-20)21(25)23-15-13-22(14-16-23)17-19-9-5-3-6-10-19/h3-12,18H,13-17H2,1-2H3/t18-/m0/s1. The molecular formula is C21H27N3O3S. The third kappa shape index (κ3) is 4.91. The number of carbonyl (C=O) groups is 1. The van der Waals surface area contributed by atoms with Crippen molar-refractivity contribution in [2.45, 2.75) is 19.5 Å². The quantitative estimate of drug-likeness (QED) is 0.744. The predicted octanol–water partition coefficient (Wildman–Crippen LogP) is 2.19. The van der Waals surface area contributed by atoms with Crippen molar-refractivity contribution in [1.29, 1.82) is 0 Å². The number of rotatable bonds is 6. The largest absolute Gasteiger partial charge is 0.338 e. The summed E-state index contributed by atoms with van der Waals surface area (Å²) in [4.78, 5) is 17.1. The van der Waals surface area contributed by atoms with Crippen molar-refractivity contribution in [1.82, 2.24) is 9.80 Å². The molecule has 1 heterocycles.